The molecular formula is C25H22Cl2N2O2S. The van der Waals surface area contributed by atoms with E-state index >= 15 is 0 Å². The molecule has 4 rings (SSSR count). The Labute approximate surface area is 201 Å². The third-order valence-corrected chi connectivity index (χ3v) is 6.58. The molecule has 0 aliphatic rings. The summed E-state index contributed by atoms with van der Waals surface area (Å²) in [6.45, 7) is 6.04. The van der Waals surface area contributed by atoms with Crippen LogP contribution in [0.25, 0.3) is 20.8 Å². The number of aromatic nitrogens is 1. The van der Waals surface area contributed by atoms with Crippen LogP contribution in [0.5, 0.6) is 5.75 Å². The number of nitrogens with zero attached hydrogens (tertiary/aromatic N) is 1. The fourth-order valence-corrected chi connectivity index (χ4v) is 4.95. The van der Waals surface area contributed by atoms with E-state index in [4.69, 9.17) is 27.9 Å². The molecule has 0 bridgehead atoms. The highest BCUT2D eigenvalue weighted by atomic mass is 35.5. The van der Waals surface area contributed by atoms with Gasteiger partial charge in [0.2, 0.25) is 0 Å². The summed E-state index contributed by atoms with van der Waals surface area (Å²) in [6, 6.07) is 17.2. The van der Waals surface area contributed by atoms with Gasteiger partial charge in [-0.05, 0) is 54.3 Å². The molecule has 3 aromatic carbocycles. The predicted octanol–water partition coefficient (Wildman–Crippen LogP) is 7.72. The summed E-state index contributed by atoms with van der Waals surface area (Å²) in [5, 5.41) is 4.44. The number of rotatable bonds is 6. The molecule has 7 heteroatoms. The third-order valence-electron chi connectivity index (χ3n) is 4.99. The number of hydrogen-bond acceptors (Lipinski definition) is 4. The molecule has 0 saturated heterocycles. The molecule has 0 aliphatic heterocycles. The molecule has 1 heterocycles. The van der Waals surface area contributed by atoms with Gasteiger partial charge in [0.1, 0.15) is 10.8 Å². The van der Waals surface area contributed by atoms with Crippen LogP contribution in [0.1, 0.15) is 30.9 Å². The third kappa shape index (κ3) is 4.90. The number of ether oxygens (including phenoxy) is 1. The lowest BCUT2D eigenvalue weighted by atomic mass is 10.0. The normalized spacial score (nSPS) is 11.2. The second kappa shape index (κ2) is 9.49. The lowest BCUT2D eigenvalue weighted by molar-refractivity contribution is -0.118. The van der Waals surface area contributed by atoms with Crippen molar-refractivity contribution in [2.24, 2.45) is 0 Å². The van der Waals surface area contributed by atoms with Crippen molar-refractivity contribution < 1.29 is 9.53 Å². The summed E-state index contributed by atoms with van der Waals surface area (Å²) in [5.74, 6) is 0.682. The van der Waals surface area contributed by atoms with E-state index in [9.17, 15) is 4.79 Å². The summed E-state index contributed by atoms with van der Waals surface area (Å²) in [6.07, 6.45) is 0. The summed E-state index contributed by atoms with van der Waals surface area (Å²) < 4.78 is 6.92. The number of fused-ring (bicyclic) bond motifs is 1. The number of aryl methyl sites for hydroxylation is 1. The first-order valence-corrected chi connectivity index (χ1v) is 11.8. The molecule has 4 aromatic rings. The minimum absolute atomic E-state index is 0.137. The van der Waals surface area contributed by atoms with Crippen molar-refractivity contribution in [2.45, 2.75) is 26.7 Å². The van der Waals surface area contributed by atoms with Gasteiger partial charge in [0.25, 0.3) is 5.91 Å². The minimum Gasteiger partial charge on any atom is -0.483 e. The van der Waals surface area contributed by atoms with Gasteiger partial charge in [-0.25, -0.2) is 4.98 Å². The predicted molar refractivity (Wildman–Crippen MR) is 134 cm³/mol. The van der Waals surface area contributed by atoms with Crippen molar-refractivity contribution in [1.82, 2.24) is 4.98 Å². The van der Waals surface area contributed by atoms with Gasteiger partial charge in [-0.1, -0.05) is 61.3 Å². The summed E-state index contributed by atoms with van der Waals surface area (Å²) in [7, 11) is 0. The van der Waals surface area contributed by atoms with Crippen LogP contribution >= 0.6 is 34.5 Å². The van der Waals surface area contributed by atoms with Gasteiger partial charge in [0, 0.05) is 10.6 Å². The van der Waals surface area contributed by atoms with E-state index in [-0.39, 0.29) is 18.4 Å². The zero-order chi connectivity index (χ0) is 22.8. The van der Waals surface area contributed by atoms with E-state index in [0.29, 0.717) is 27.0 Å². The van der Waals surface area contributed by atoms with Gasteiger partial charge >= 0.3 is 0 Å². The van der Waals surface area contributed by atoms with Gasteiger partial charge in [0.15, 0.2) is 6.61 Å². The fourth-order valence-electron chi connectivity index (χ4n) is 3.42. The summed E-state index contributed by atoms with van der Waals surface area (Å²) in [4.78, 5) is 17.5. The Morgan fingerprint density at radius 1 is 1.12 bits per heavy atom. The first-order valence-electron chi connectivity index (χ1n) is 10.2. The first-order chi connectivity index (χ1) is 15.3. The number of halogens is 2. The second-order valence-corrected chi connectivity index (χ2v) is 9.70. The maximum absolute atomic E-state index is 12.8. The van der Waals surface area contributed by atoms with Crippen LogP contribution in [-0.2, 0) is 4.79 Å². The van der Waals surface area contributed by atoms with Crippen molar-refractivity contribution in [3.05, 3.63) is 75.8 Å². The van der Waals surface area contributed by atoms with Crippen LogP contribution < -0.4 is 10.1 Å². The van der Waals surface area contributed by atoms with Crippen LogP contribution in [0.3, 0.4) is 0 Å². The number of carbonyl (C=O) groups excluding carboxylic acids is 1. The van der Waals surface area contributed by atoms with E-state index in [1.807, 2.05) is 49.4 Å². The molecule has 164 valence electrons. The molecule has 0 atom stereocenters. The Balaban J connectivity index is 1.59. The Hall–Kier alpha value is -2.60. The van der Waals surface area contributed by atoms with E-state index < -0.39 is 0 Å². The highest BCUT2D eigenvalue weighted by Gasteiger charge is 2.18. The molecule has 1 amide bonds. The van der Waals surface area contributed by atoms with Crippen LogP contribution in [0.4, 0.5) is 5.69 Å². The molecule has 0 radical (unpaired) electrons. The van der Waals surface area contributed by atoms with Crippen LogP contribution in [0.2, 0.25) is 10.0 Å². The zero-order valence-corrected chi connectivity index (χ0v) is 20.2. The molecule has 0 aliphatic carbocycles. The van der Waals surface area contributed by atoms with Gasteiger partial charge in [0.05, 0.1) is 20.9 Å². The molecular weight excluding hydrogens is 463 g/mol. The molecule has 0 saturated carbocycles. The molecule has 32 heavy (non-hydrogen) atoms. The number of carbonyl (C=O) groups is 1. The lowest BCUT2D eigenvalue weighted by Gasteiger charge is -2.16. The highest BCUT2D eigenvalue weighted by Crippen LogP contribution is 2.40. The Kier molecular flexibility index (Phi) is 6.70. The standard InChI is InChI=1S/C25H22Cl2N2O2S/c1-14(2)17-9-8-15(3)10-21(17)31-13-23(30)29-24-18(11-16(26)12-19(24)27)25-28-20-6-4-5-7-22(20)32-25/h4-12,14H,13H2,1-3H3,(H,29,30). The van der Waals surface area contributed by atoms with Crippen LogP contribution in [0, 0.1) is 6.92 Å². The highest BCUT2D eigenvalue weighted by molar-refractivity contribution is 7.21. The smallest absolute Gasteiger partial charge is 0.262 e. The van der Waals surface area contributed by atoms with Gasteiger partial charge in [-0.15, -0.1) is 11.3 Å². The van der Waals surface area contributed by atoms with E-state index in [0.717, 1.165) is 26.4 Å². The van der Waals surface area contributed by atoms with Gasteiger partial charge < -0.3 is 10.1 Å². The molecule has 4 nitrogen and oxygen atoms in total. The molecule has 0 fully saturated rings. The topological polar surface area (TPSA) is 51.2 Å². The minimum atomic E-state index is -0.312. The average molecular weight is 485 g/mol. The molecule has 1 N–H and O–H groups in total. The van der Waals surface area contributed by atoms with Crippen molar-refractivity contribution in [2.75, 3.05) is 11.9 Å². The molecule has 0 unspecified atom stereocenters. The SMILES string of the molecule is Cc1ccc(C(C)C)c(OCC(=O)Nc2c(Cl)cc(Cl)cc2-c2nc3ccccc3s2)c1. The molecule has 0 spiro atoms. The van der Waals surface area contributed by atoms with Crippen LogP contribution in [-0.4, -0.2) is 17.5 Å². The number of amides is 1. The van der Waals surface area contributed by atoms with Crippen molar-refractivity contribution in [3.8, 4) is 16.3 Å². The first kappa shape index (κ1) is 22.6. The number of benzene rings is 3. The van der Waals surface area contributed by atoms with Crippen molar-refractivity contribution in [1.29, 1.82) is 0 Å². The maximum Gasteiger partial charge on any atom is 0.262 e. The van der Waals surface area contributed by atoms with Crippen molar-refractivity contribution in [3.63, 3.8) is 0 Å². The zero-order valence-electron chi connectivity index (χ0n) is 17.9. The van der Waals surface area contributed by atoms with Gasteiger partial charge in [-0.2, -0.15) is 0 Å². The second-order valence-electron chi connectivity index (χ2n) is 7.83. The Bertz CT molecular complexity index is 1270. The summed E-state index contributed by atoms with van der Waals surface area (Å²) in [5.41, 5.74) is 4.16. The van der Waals surface area contributed by atoms with E-state index in [1.54, 1.807) is 12.1 Å². The Morgan fingerprint density at radius 3 is 2.66 bits per heavy atom. The summed E-state index contributed by atoms with van der Waals surface area (Å²) >= 11 is 14.2. The van der Waals surface area contributed by atoms with Crippen LogP contribution in [0.15, 0.2) is 54.6 Å². The fraction of sp³-hybridized carbons (Fsp3) is 0.200. The maximum atomic E-state index is 12.8. The number of thiazole rings is 1. The monoisotopic (exact) mass is 484 g/mol. The number of anilines is 1. The van der Waals surface area contributed by atoms with E-state index in [2.05, 4.69) is 24.1 Å². The largest absolute Gasteiger partial charge is 0.483 e. The number of hydrogen-bond donors (Lipinski definition) is 1. The van der Waals surface area contributed by atoms with Crippen molar-refractivity contribution >= 4 is 56.3 Å². The average Bonchev–Trinajstić information content (AvgIpc) is 3.18. The lowest BCUT2D eigenvalue weighted by Crippen LogP contribution is -2.21. The van der Waals surface area contributed by atoms with Gasteiger partial charge in [-0.3, -0.25) is 4.79 Å². The molecule has 1 aromatic heterocycles. The number of nitrogens with one attached hydrogen (secondary N) is 1. The van der Waals surface area contributed by atoms with E-state index in [1.165, 1.54) is 11.3 Å². The Morgan fingerprint density at radius 2 is 1.91 bits per heavy atom. The quantitative estimate of drug-likeness (QED) is 0.304. The number of para-hydroxylation sites is 1.